The molecular formula is C63H51F4Ir4N11O6-4. The number of carboxylic acid groups (broad SMARTS) is 3. The number of aryl methyl sites for hydroxylation is 2. The first-order valence-electron chi connectivity index (χ1n) is 25.0. The van der Waals surface area contributed by atoms with Gasteiger partial charge in [0.1, 0.15) is 17.1 Å². The number of imidazole rings is 3. The maximum atomic E-state index is 13.8. The van der Waals surface area contributed by atoms with Crippen LogP contribution in [0.5, 0.6) is 0 Å². The molecule has 5 aromatic carbocycles. The number of benzene rings is 5. The van der Waals surface area contributed by atoms with E-state index in [1.807, 2.05) is 96.7 Å². The third-order valence-corrected chi connectivity index (χ3v) is 11.1. The van der Waals surface area contributed by atoms with Gasteiger partial charge in [-0.2, -0.15) is 0 Å². The summed E-state index contributed by atoms with van der Waals surface area (Å²) in [6, 6.07) is 54.7. The summed E-state index contributed by atoms with van der Waals surface area (Å²) in [7, 11) is 5.77. The second-order valence-corrected chi connectivity index (χ2v) is 17.0. The van der Waals surface area contributed by atoms with Crippen molar-refractivity contribution in [2.24, 2.45) is 19.1 Å². The van der Waals surface area contributed by atoms with E-state index in [4.69, 9.17) is 15.3 Å². The molecule has 1 aliphatic rings. The first-order chi connectivity index (χ1) is 40.6. The Morgan fingerprint density at radius 2 is 0.864 bits per heavy atom. The molecule has 0 bridgehead atoms. The van der Waals surface area contributed by atoms with Crippen LogP contribution < -0.4 is 0 Å². The zero-order valence-corrected chi connectivity index (χ0v) is 56.0. The Morgan fingerprint density at radius 3 is 1.23 bits per heavy atom. The molecule has 7 heterocycles. The molecule has 17 nitrogen and oxygen atoms in total. The van der Waals surface area contributed by atoms with E-state index in [1.165, 1.54) is 36.8 Å². The Morgan fingerprint density at radius 1 is 0.455 bits per heavy atom. The Balaban J connectivity index is 0.000000353. The molecule has 11 aromatic rings. The van der Waals surface area contributed by atoms with Crippen LogP contribution in [0.1, 0.15) is 37.0 Å². The minimum atomic E-state index is -0.990. The monoisotopic (exact) mass is 1910 g/mol. The number of aromatic carboxylic acids is 3. The SMILES string of the molecule is CN1CCN=C1c1[c-]cccc1.Cn1ccnc1-c1[c-]cc(F)cc1F.Cn1ccnc1-c1[c-]cccc1.Fc1c[c-]c(-c2nccn2-c2ccccc2)c(F)c1.O=C(O)c1ccccn1.O=C(O)c1ccccn1.O=C(O)c1ccccn1.[Ir].[Ir].[Ir].[Ir]. The van der Waals surface area contributed by atoms with Crippen LogP contribution in [-0.2, 0) is 94.5 Å². The molecule has 6 aromatic heterocycles. The van der Waals surface area contributed by atoms with Crippen molar-refractivity contribution in [1.29, 1.82) is 0 Å². The Bertz CT molecular complexity index is 3730. The van der Waals surface area contributed by atoms with Crippen molar-refractivity contribution in [3.05, 3.63) is 284 Å². The van der Waals surface area contributed by atoms with E-state index in [0.29, 0.717) is 11.6 Å². The number of rotatable bonds is 8. The van der Waals surface area contributed by atoms with Crippen molar-refractivity contribution in [3.8, 4) is 39.9 Å². The minimum absolute atomic E-state index is 0. The second kappa shape index (κ2) is 40.0. The van der Waals surface area contributed by atoms with Crippen LogP contribution in [0.3, 0.4) is 0 Å². The van der Waals surface area contributed by atoms with E-state index < -0.39 is 41.2 Å². The molecular weight excluding hydrogens is 1850 g/mol. The number of para-hydroxylation sites is 1. The van der Waals surface area contributed by atoms with Crippen LogP contribution in [0.25, 0.3) is 39.9 Å². The van der Waals surface area contributed by atoms with Gasteiger partial charge in [0, 0.05) is 198 Å². The van der Waals surface area contributed by atoms with Crippen molar-refractivity contribution in [1.82, 2.24) is 48.5 Å². The fourth-order valence-electron chi connectivity index (χ4n) is 7.11. The first-order valence-corrected chi connectivity index (χ1v) is 25.0. The zero-order chi connectivity index (χ0) is 60.2. The number of nitrogens with zero attached hydrogens (tertiary/aromatic N) is 11. The molecule has 3 N–H and O–H groups in total. The Labute approximate surface area is 558 Å². The molecule has 462 valence electrons. The summed E-state index contributed by atoms with van der Waals surface area (Å²) < 4.78 is 57.9. The van der Waals surface area contributed by atoms with Crippen LogP contribution in [0.15, 0.2) is 218 Å². The molecule has 88 heavy (non-hydrogen) atoms. The topological polar surface area (TPSA) is 220 Å². The molecule has 4 radical (unpaired) electrons. The maximum Gasteiger partial charge on any atom is 0.354 e. The minimum Gasteiger partial charge on any atom is -0.477 e. The van der Waals surface area contributed by atoms with E-state index in [1.54, 1.807) is 83.6 Å². The normalized spacial score (nSPS) is 10.3. The van der Waals surface area contributed by atoms with Crippen LogP contribution in [0, 0.1) is 47.5 Å². The number of hydrogen-bond acceptors (Lipinski definition) is 11. The van der Waals surface area contributed by atoms with Crippen LogP contribution in [0.4, 0.5) is 17.6 Å². The van der Waals surface area contributed by atoms with Crippen molar-refractivity contribution in [2.45, 2.75) is 0 Å². The van der Waals surface area contributed by atoms with E-state index in [0.717, 1.165) is 65.8 Å². The van der Waals surface area contributed by atoms with Crippen molar-refractivity contribution in [3.63, 3.8) is 0 Å². The molecule has 1 aliphatic heterocycles. The van der Waals surface area contributed by atoms with Gasteiger partial charge in [0.2, 0.25) is 0 Å². The van der Waals surface area contributed by atoms with Gasteiger partial charge in [0.15, 0.2) is 0 Å². The van der Waals surface area contributed by atoms with Crippen LogP contribution in [0.2, 0.25) is 0 Å². The number of amidine groups is 1. The molecule has 0 aliphatic carbocycles. The second-order valence-electron chi connectivity index (χ2n) is 17.0. The predicted octanol–water partition coefficient (Wildman–Crippen LogP) is 11.2. The summed E-state index contributed by atoms with van der Waals surface area (Å²) in [6.07, 6.45) is 14.6. The first kappa shape index (κ1) is 75.5. The molecule has 0 unspecified atom stereocenters. The van der Waals surface area contributed by atoms with E-state index in [-0.39, 0.29) is 109 Å². The molecule has 25 heteroatoms. The standard InChI is InChI=1S/C15H9F2N2.C10H7F2N2.C10H11N2.C10H9N2.3C6H5NO2.4Ir/c16-11-6-7-13(14(17)10-11)15-18-8-9-19(15)12-4-2-1-3-5-12;1-14-5-4-13-10(14)8-3-2-7(11)6-9(8)12;2*1-12-8-7-11-10(12)9-5-3-2-4-6-9;3*8-6(9)5-3-1-2-4-7-5;;;;/h1-6,8-10H;2,4-6H,1H3;2-5H,7-8H2,1H3;2-5,7-8H,1H3;3*1-4H,(H,8,9);;;;/q4*-1;;;;;;;. The molecule has 0 saturated heterocycles. The fourth-order valence-corrected chi connectivity index (χ4v) is 7.11. The number of hydrogen-bond donors (Lipinski definition) is 3. The molecule has 12 rings (SSSR count). The van der Waals surface area contributed by atoms with Crippen molar-refractivity contribution >= 4 is 23.7 Å². The van der Waals surface area contributed by atoms with Gasteiger partial charge in [0.25, 0.3) is 0 Å². The summed E-state index contributed by atoms with van der Waals surface area (Å²) in [4.78, 5) is 60.0. The van der Waals surface area contributed by atoms with Gasteiger partial charge in [-0.25, -0.2) is 29.3 Å². The van der Waals surface area contributed by atoms with Crippen LogP contribution >= 0.6 is 0 Å². The van der Waals surface area contributed by atoms with Gasteiger partial charge in [-0.15, -0.1) is 96.1 Å². The largest absolute Gasteiger partial charge is 0.477 e. The van der Waals surface area contributed by atoms with Gasteiger partial charge in [-0.3, -0.25) is 32.5 Å². The molecule has 0 amide bonds. The summed E-state index contributed by atoms with van der Waals surface area (Å²) in [6.45, 7) is 1.94. The smallest absolute Gasteiger partial charge is 0.354 e. The molecule has 0 spiro atoms. The summed E-state index contributed by atoms with van der Waals surface area (Å²) in [5.41, 5.74) is 3.55. The Kier molecular flexibility index (Phi) is 34.3. The number of likely N-dealkylation sites (N-methyl/N-ethyl adjacent to an activating group) is 1. The average Bonchev–Trinajstić information content (AvgIpc) is 4.52. The number of halogens is 4. The van der Waals surface area contributed by atoms with E-state index in [2.05, 4.69) is 71.1 Å². The number of aromatic nitrogens is 9. The fraction of sp³-hybridized carbons (Fsp3) is 0.0794. The molecule has 0 fully saturated rings. The third-order valence-electron chi connectivity index (χ3n) is 11.1. The predicted molar refractivity (Wildman–Crippen MR) is 306 cm³/mol. The summed E-state index contributed by atoms with van der Waals surface area (Å²) >= 11 is 0. The number of pyridine rings is 3. The van der Waals surface area contributed by atoms with Gasteiger partial charge in [0.05, 0.1) is 17.5 Å². The quantitative estimate of drug-likeness (QED) is 0.0953. The van der Waals surface area contributed by atoms with Crippen molar-refractivity contribution in [2.75, 3.05) is 20.1 Å². The molecule has 0 saturated carbocycles. The molecule has 0 atom stereocenters. The van der Waals surface area contributed by atoms with Gasteiger partial charge < -0.3 is 38.9 Å². The average molecular weight is 1900 g/mol. The third kappa shape index (κ3) is 23.9. The number of carbonyl (C=O) groups is 3. The number of aliphatic imine (C=N–C) groups is 1. The zero-order valence-electron chi connectivity index (χ0n) is 46.5. The van der Waals surface area contributed by atoms with Gasteiger partial charge in [-0.1, -0.05) is 59.7 Å². The van der Waals surface area contributed by atoms with Crippen LogP contribution in [-0.4, -0.2) is 108 Å². The van der Waals surface area contributed by atoms with E-state index >= 15 is 0 Å². The summed E-state index contributed by atoms with van der Waals surface area (Å²) in [5.74, 6) is -2.75. The Hall–Kier alpha value is -8.62. The summed E-state index contributed by atoms with van der Waals surface area (Å²) in [5, 5.41) is 25.0. The maximum absolute atomic E-state index is 13.8. The van der Waals surface area contributed by atoms with Crippen molar-refractivity contribution < 1.29 is 128 Å². The van der Waals surface area contributed by atoms with Gasteiger partial charge >= 0.3 is 17.9 Å². The van der Waals surface area contributed by atoms with Gasteiger partial charge in [-0.05, 0) is 55.6 Å². The van der Waals surface area contributed by atoms with E-state index in [9.17, 15) is 31.9 Å². The number of carboxylic acids is 3.